The maximum absolute atomic E-state index is 11.5. The van der Waals surface area contributed by atoms with Gasteiger partial charge in [0.05, 0.1) is 0 Å². The summed E-state index contributed by atoms with van der Waals surface area (Å²) in [6, 6.07) is -0.624. The number of carboxylic acid groups (broad SMARTS) is 1. The predicted octanol–water partition coefficient (Wildman–Crippen LogP) is -0.499. The van der Waals surface area contributed by atoms with Crippen molar-refractivity contribution in [1.82, 2.24) is 15.5 Å². The highest BCUT2D eigenvalue weighted by Crippen LogP contribution is 2.13. The maximum Gasteiger partial charge on any atom is 0.329 e. The number of amides is 3. The van der Waals surface area contributed by atoms with Gasteiger partial charge >= 0.3 is 12.0 Å². The lowest BCUT2D eigenvalue weighted by Crippen LogP contribution is -2.46. The molecule has 20 heavy (non-hydrogen) atoms. The number of hydrogen-bond acceptors (Lipinski definition) is 5. The lowest BCUT2D eigenvalue weighted by molar-refractivity contribution is -0.143. The zero-order valence-corrected chi connectivity index (χ0v) is 12.4. The molecule has 0 aliphatic carbocycles. The Bertz CT molecular complexity index is 355. The van der Waals surface area contributed by atoms with E-state index in [1.165, 1.54) is 0 Å². The van der Waals surface area contributed by atoms with Crippen molar-refractivity contribution in [2.45, 2.75) is 13.8 Å². The molecule has 0 saturated heterocycles. The SMILES string of the molecule is CN(C)CC(C)(C)CNC(=O)NC(=O)COCC(=O)O. The molecule has 0 heterocycles. The van der Waals surface area contributed by atoms with Crippen LogP contribution >= 0.6 is 0 Å². The Kier molecular flexibility index (Phi) is 7.78. The molecule has 0 rings (SSSR count). The first-order chi connectivity index (χ1) is 9.12. The second-order valence-electron chi connectivity index (χ2n) is 5.52. The molecule has 0 aromatic heterocycles. The fourth-order valence-electron chi connectivity index (χ4n) is 1.67. The average molecular weight is 289 g/mol. The predicted molar refractivity (Wildman–Crippen MR) is 72.3 cm³/mol. The number of ether oxygens (including phenoxy) is 1. The van der Waals surface area contributed by atoms with E-state index in [4.69, 9.17) is 5.11 Å². The van der Waals surface area contributed by atoms with Gasteiger partial charge in [0.15, 0.2) is 0 Å². The Hall–Kier alpha value is -1.67. The smallest absolute Gasteiger partial charge is 0.329 e. The number of nitrogens with one attached hydrogen (secondary N) is 2. The zero-order chi connectivity index (χ0) is 15.8. The summed E-state index contributed by atoms with van der Waals surface area (Å²) in [6.07, 6.45) is 0. The normalized spacial score (nSPS) is 11.2. The van der Waals surface area contributed by atoms with Crippen molar-refractivity contribution in [2.75, 3.05) is 40.4 Å². The van der Waals surface area contributed by atoms with Crippen molar-refractivity contribution in [2.24, 2.45) is 5.41 Å². The third kappa shape index (κ3) is 10.3. The number of urea groups is 1. The minimum atomic E-state index is -1.17. The summed E-state index contributed by atoms with van der Waals surface area (Å²) in [5, 5.41) is 13.0. The van der Waals surface area contributed by atoms with Crippen molar-refractivity contribution in [3.63, 3.8) is 0 Å². The Morgan fingerprint density at radius 2 is 1.80 bits per heavy atom. The molecule has 0 aromatic carbocycles. The van der Waals surface area contributed by atoms with Crippen molar-refractivity contribution < 1.29 is 24.2 Å². The number of nitrogens with zero attached hydrogens (tertiary/aromatic N) is 1. The van der Waals surface area contributed by atoms with Gasteiger partial charge in [-0.15, -0.1) is 0 Å². The highest BCUT2D eigenvalue weighted by molar-refractivity contribution is 5.94. The van der Waals surface area contributed by atoms with E-state index in [2.05, 4.69) is 15.4 Å². The van der Waals surface area contributed by atoms with Crippen molar-refractivity contribution >= 4 is 17.9 Å². The molecule has 0 bridgehead atoms. The van der Waals surface area contributed by atoms with Gasteiger partial charge in [-0.2, -0.15) is 0 Å². The molecule has 0 saturated carbocycles. The van der Waals surface area contributed by atoms with Crippen LogP contribution in [0.5, 0.6) is 0 Å². The molecule has 0 atom stereocenters. The molecular weight excluding hydrogens is 266 g/mol. The van der Waals surface area contributed by atoms with Gasteiger partial charge in [0.2, 0.25) is 0 Å². The first kappa shape index (κ1) is 18.3. The number of aliphatic carboxylic acids is 1. The summed E-state index contributed by atoms with van der Waals surface area (Å²) in [4.78, 5) is 34.9. The summed E-state index contributed by atoms with van der Waals surface area (Å²) < 4.78 is 4.56. The van der Waals surface area contributed by atoms with E-state index in [-0.39, 0.29) is 5.41 Å². The van der Waals surface area contributed by atoms with E-state index in [0.717, 1.165) is 6.54 Å². The van der Waals surface area contributed by atoms with Gasteiger partial charge < -0.3 is 20.1 Å². The summed E-state index contributed by atoms with van der Waals surface area (Å²) in [6.45, 7) is 4.12. The average Bonchev–Trinajstić information content (AvgIpc) is 2.24. The number of rotatable bonds is 8. The first-order valence-corrected chi connectivity index (χ1v) is 6.14. The van der Waals surface area contributed by atoms with Gasteiger partial charge in [0, 0.05) is 13.1 Å². The number of carboxylic acids is 1. The van der Waals surface area contributed by atoms with Crippen molar-refractivity contribution in [3.8, 4) is 0 Å². The summed E-state index contributed by atoms with van der Waals surface area (Å²) in [5.74, 6) is -1.86. The fourth-order valence-corrected chi connectivity index (χ4v) is 1.67. The van der Waals surface area contributed by atoms with Crippen molar-refractivity contribution in [3.05, 3.63) is 0 Å². The summed E-state index contributed by atoms with van der Waals surface area (Å²) in [5.41, 5.74) is -0.135. The standard InChI is InChI=1S/C12H23N3O5/c1-12(2,8-15(3)4)7-13-11(19)14-9(16)5-20-6-10(17)18/h5-8H2,1-4H3,(H,17,18)(H2,13,14,16,19). The number of carbonyl (C=O) groups excluding carboxylic acids is 2. The minimum absolute atomic E-state index is 0.135. The monoisotopic (exact) mass is 289 g/mol. The topological polar surface area (TPSA) is 108 Å². The second kappa shape index (κ2) is 8.49. The molecule has 3 N–H and O–H groups in total. The number of carbonyl (C=O) groups is 3. The molecule has 8 nitrogen and oxygen atoms in total. The highest BCUT2D eigenvalue weighted by atomic mass is 16.5. The quantitative estimate of drug-likeness (QED) is 0.556. The van der Waals surface area contributed by atoms with Crippen LogP contribution < -0.4 is 10.6 Å². The van der Waals surface area contributed by atoms with Crippen LogP contribution in [0.25, 0.3) is 0 Å². The van der Waals surface area contributed by atoms with Gasteiger partial charge in [-0.3, -0.25) is 10.1 Å². The molecule has 8 heteroatoms. The molecule has 3 amide bonds. The van der Waals surface area contributed by atoms with Crippen LogP contribution in [0.1, 0.15) is 13.8 Å². The van der Waals surface area contributed by atoms with Crippen LogP contribution in [0.15, 0.2) is 0 Å². The largest absolute Gasteiger partial charge is 0.480 e. The van der Waals surface area contributed by atoms with Gasteiger partial charge in [-0.1, -0.05) is 13.8 Å². The molecule has 0 unspecified atom stereocenters. The van der Waals surface area contributed by atoms with Crippen LogP contribution in [-0.2, 0) is 14.3 Å². The zero-order valence-electron chi connectivity index (χ0n) is 12.4. The first-order valence-electron chi connectivity index (χ1n) is 6.14. The van der Waals surface area contributed by atoms with Crippen LogP contribution in [0.2, 0.25) is 0 Å². The third-order valence-electron chi connectivity index (χ3n) is 2.18. The Morgan fingerprint density at radius 3 is 2.30 bits per heavy atom. The lowest BCUT2D eigenvalue weighted by atomic mass is 9.93. The summed E-state index contributed by atoms with van der Waals surface area (Å²) >= 11 is 0. The molecule has 0 aliphatic rings. The van der Waals surface area contributed by atoms with Crippen LogP contribution in [0.3, 0.4) is 0 Å². The molecule has 116 valence electrons. The van der Waals surface area contributed by atoms with Crippen LogP contribution in [-0.4, -0.2) is 68.3 Å². The van der Waals surface area contributed by atoms with Crippen LogP contribution in [0.4, 0.5) is 4.79 Å². The molecule has 0 spiro atoms. The minimum Gasteiger partial charge on any atom is -0.480 e. The van der Waals surface area contributed by atoms with E-state index >= 15 is 0 Å². The Labute approximate surface area is 118 Å². The maximum atomic E-state index is 11.5. The van der Waals surface area contributed by atoms with Gasteiger partial charge in [-0.25, -0.2) is 9.59 Å². The molecular formula is C12H23N3O5. The fraction of sp³-hybridized carbons (Fsp3) is 0.750. The number of hydrogen-bond donors (Lipinski definition) is 3. The molecule has 0 fully saturated rings. The van der Waals surface area contributed by atoms with Gasteiger partial charge in [0.1, 0.15) is 13.2 Å². The van der Waals surface area contributed by atoms with E-state index in [1.807, 2.05) is 32.8 Å². The highest BCUT2D eigenvalue weighted by Gasteiger charge is 2.20. The van der Waals surface area contributed by atoms with E-state index < -0.39 is 31.1 Å². The molecule has 0 radical (unpaired) electrons. The van der Waals surface area contributed by atoms with Gasteiger partial charge in [-0.05, 0) is 19.5 Å². The summed E-state index contributed by atoms with van der Waals surface area (Å²) in [7, 11) is 3.87. The molecule has 0 aromatic rings. The van der Waals surface area contributed by atoms with Crippen LogP contribution in [0, 0.1) is 5.41 Å². The Balaban J connectivity index is 3.93. The van der Waals surface area contributed by atoms with E-state index in [0.29, 0.717) is 6.54 Å². The van der Waals surface area contributed by atoms with Crippen molar-refractivity contribution in [1.29, 1.82) is 0 Å². The Morgan fingerprint density at radius 1 is 1.20 bits per heavy atom. The van der Waals surface area contributed by atoms with E-state index in [9.17, 15) is 14.4 Å². The molecule has 0 aliphatic heterocycles. The second-order valence-corrected chi connectivity index (χ2v) is 5.52. The number of imide groups is 1. The lowest BCUT2D eigenvalue weighted by Gasteiger charge is -2.28. The third-order valence-corrected chi connectivity index (χ3v) is 2.18. The van der Waals surface area contributed by atoms with Gasteiger partial charge in [0.25, 0.3) is 5.91 Å². The van der Waals surface area contributed by atoms with E-state index in [1.54, 1.807) is 0 Å².